The second-order valence-corrected chi connectivity index (χ2v) is 3.53. The Labute approximate surface area is 99.7 Å². The van der Waals surface area contributed by atoms with E-state index in [9.17, 15) is 9.18 Å². The lowest BCUT2D eigenvalue weighted by Gasteiger charge is -1.95. The molecule has 0 saturated heterocycles. The number of hydrogen-bond donors (Lipinski definition) is 2. The minimum absolute atomic E-state index is 0.164. The Balaban J connectivity index is 1.92. The average Bonchev–Trinajstić information content (AvgIpc) is 2.96. The van der Waals surface area contributed by atoms with Gasteiger partial charge >= 0.3 is 0 Å². The van der Waals surface area contributed by atoms with Crippen molar-refractivity contribution in [1.82, 2.24) is 24.6 Å². The van der Waals surface area contributed by atoms with Crippen molar-refractivity contribution in [3.8, 4) is 0 Å². The number of aromatic nitrogens is 5. The molecule has 0 fully saturated rings. The molecular formula is C10H7FN6O. The molecule has 0 aromatic carbocycles. The molecule has 3 heterocycles. The number of carbonyl (C=O) groups is 1. The average molecular weight is 246 g/mol. The Kier molecular flexibility index (Phi) is 2.26. The van der Waals surface area contributed by atoms with Crippen molar-refractivity contribution >= 4 is 17.5 Å². The molecule has 2 N–H and O–H groups in total. The minimum atomic E-state index is -0.448. The van der Waals surface area contributed by atoms with E-state index in [4.69, 9.17) is 0 Å². The number of fused-ring (bicyclic) bond motifs is 1. The summed E-state index contributed by atoms with van der Waals surface area (Å²) in [4.78, 5) is 19.6. The van der Waals surface area contributed by atoms with Crippen LogP contribution in [0.2, 0.25) is 0 Å². The molecule has 0 spiro atoms. The molecule has 0 saturated carbocycles. The van der Waals surface area contributed by atoms with Crippen LogP contribution in [0.5, 0.6) is 0 Å². The van der Waals surface area contributed by atoms with Crippen LogP contribution < -0.4 is 5.32 Å². The number of rotatable bonds is 2. The Morgan fingerprint density at radius 1 is 1.39 bits per heavy atom. The van der Waals surface area contributed by atoms with Crippen molar-refractivity contribution in [2.24, 2.45) is 0 Å². The van der Waals surface area contributed by atoms with Crippen molar-refractivity contribution in [1.29, 1.82) is 0 Å². The zero-order valence-corrected chi connectivity index (χ0v) is 8.96. The first-order valence-corrected chi connectivity index (χ1v) is 5.03. The van der Waals surface area contributed by atoms with Crippen molar-refractivity contribution in [3.63, 3.8) is 0 Å². The molecule has 3 aromatic rings. The zero-order chi connectivity index (χ0) is 12.5. The van der Waals surface area contributed by atoms with E-state index in [2.05, 4.69) is 25.5 Å². The molecule has 7 nitrogen and oxygen atoms in total. The highest BCUT2D eigenvalue weighted by atomic mass is 19.1. The summed E-state index contributed by atoms with van der Waals surface area (Å²) >= 11 is 0. The monoisotopic (exact) mass is 246 g/mol. The summed E-state index contributed by atoms with van der Waals surface area (Å²) in [5, 5.41) is 8.57. The summed E-state index contributed by atoms with van der Waals surface area (Å²) in [6.45, 7) is 0. The van der Waals surface area contributed by atoms with Gasteiger partial charge in [-0.3, -0.25) is 10.1 Å². The van der Waals surface area contributed by atoms with Crippen LogP contribution in [-0.2, 0) is 0 Å². The number of halogens is 1. The number of H-pyrrole nitrogens is 1. The van der Waals surface area contributed by atoms with Gasteiger partial charge in [0.1, 0.15) is 23.5 Å². The third-order valence-corrected chi connectivity index (χ3v) is 2.29. The Hall–Kier alpha value is -2.77. The number of pyridine rings is 1. The molecule has 8 heteroatoms. The maximum absolute atomic E-state index is 13.0. The molecule has 3 rings (SSSR count). The molecule has 3 aromatic heterocycles. The summed E-state index contributed by atoms with van der Waals surface area (Å²) in [6, 6.07) is 2.76. The summed E-state index contributed by atoms with van der Waals surface area (Å²) in [5.41, 5.74) is 0.649. The lowest BCUT2D eigenvalue weighted by atomic mass is 10.4. The van der Waals surface area contributed by atoms with Crippen molar-refractivity contribution in [3.05, 3.63) is 42.4 Å². The summed E-state index contributed by atoms with van der Waals surface area (Å²) in [7, 11) is 0. The van der Waals surface area contributed by atoms with E-state index in [-0.39, 0.29) is 11.6 Å². The van der Waals surface area contributed by atoms with Gasteiger partial charge in [0.15, 0.2) is 0 Å². The van der Waals surface area contributed by atoms with Crippen LogP contribution in [0.4, 0.5) is 10.3 Å². The predicted molar refractivity (Wildman–Crippen MR) is 59.5 cm³/mol. The van der Waals surface area contributed by atoms with Gasteiger partial charge in [-0.1, -0.05) is 0 Å². The van der Waals surface area contributed by atoms with Gasteiger partial charge in [0.2, 0.25) is 5.95 Å². The second kappa shape index (κ2) is 3.91. The molecule has 0 atom stereocenters. The number of amides is 1. The number of anilines is 1. The third-order valence-electron chi connectivity index (χ3n) is 2.29. The maximum Gasteiger partial charge on any atom is 0.278 e. The quantitative estimate of drug-likeness (QED) is 0.701. The second-order valence-electron chi connectivity index (χ2n) is 3.53. The number of imidazole rings is 1. The van der Waals surface area contributed by atoms with Gasteiger partial charge < -0.3 is 4.40 Å². The molecule has 0 aliphatic rings. The van der Waals surface area contributed by atoms with E-state index in [0.29, 0.717) is 5.65 Å². The normalized spacial score (nSPS) is 10.7. The number of nitrogens with one attached hydrogen (secondary N) is 2. The summed E-state index contributed by atoms with van der Waals surface area (Å²) in [5.74, 6) is -0.624. The topological polar surface area (TPSA) is 88.0 Å². The van der Waals surface area contributed by atoms with E-state index in [1.54, 1.807) is 0 Å². The Morgan fingerprint density at radius 2 is 2.28 bits per heavy atom. The van der Waals surface area contributed by atoms with E-state index >= 15 is 0 Å². The number of aromatic amines is 1. The van der Waals surface area contributed by atoms with Crippen LogP contribution in [0, 0.1) is 5.82 Å². The Bertz CT molecular complexity index is 704. The molecule has 90 valence electrons. The van der Waals surface area contributed by atoms with Crippen molar-refractivity contribution in [2.75, 3.05) is 5.32 Å². The van der Waals surface area contributed by atoms with Crippen LogP contribution in [0.3, 0.4) is 0 Å². The molecule has 0 aliphatic carbocycles. The fourth-order valence-electron chi connectivity index (χ4n) is 1.51. The standard InChI is InChI=1S/C10H7FN6O/c11-6-1-2-8-14-7(4-17(8)3-6)9(18)15-10-12-5-13-16-10/h1-5H,(H2,12,13,15,16,18). The maximum atomic E-state index is 13.0. The van der Waals surface area contributed by atoms with Gasteiger partial charge in [0.25, 0.3) is 5.91 Å². The van der Waals surface area contributed by atoms with Gasteiger partial charge in [-0.05, 0) is 12.1 Å². The number of nitrogens with zero attached hydrogens (tertiary/aromatic N) is 4. The fourth-order valence-corrected chi connectivity index (χ4v) is 1.51. The molecule has 0 unspecified atom stereocenters. The van der Waals surface area contributed by atoms with Crippen molar-refractivity contribution < 1.29 is 9.18 Å². The minimum Gasteiger partial charge on any atom is -0.303 e. The number of carbonyl (C=O) groups excluding carboxylic acids is 1. The Morgan fingerprint density at radius 3 is 3.06 bits per heavy atom. The first-order chi connectivity index (χ1) is 8.72. The largest absolute Gasteiger partial charge is 0.303 e. The third kappa shape index (κ3) is 1.79. The van der Waals surface area contributed by atoms with E-state index in [1.807, 2.05) is 0 Å². The highest BCUT2D eigenvalue weighted by Gasteiger charge is 2.12. The van der Waals surface area contributed by atoms with Gasteiger partial charge in [0.05, 0.1) is 0 Å². The first-order valence-electron chi connectivity index (χ1n) is 5.03. The molecular weight excluding hydrogens is 239 g/mol. The van der Waals surface area contributed by atoms with Crippen LogP contribution in [-0.4, -0.2) is 30.5 Å². The molecule has 0 bridgehead atoms. The van der Waals surface area contributed by atoms with Crippen LogP contribution in [0.25, 0.3) is 5.65 Å². The molecule has 0 radical (unpaired) electrons. The van der Waals surface area contributed by atoms with Gasteiger partial charge in [-0.25, -0.2) is 14.5 Å². The lowest BCUT2D eigenvalue weighted by Crippen LogP contribution is -2.13. The van der Waals surface area contributed by atoms with Gasteiger partial charge in [-0.15, -0.1) is 0 Å². The van der Waals surface area contributed by atoms with Crippen LogP contribution in [0.15, 0.2) is 30.9 Å². The predicted octanol–water partition coefficient (Wildman–Crippen LogP) is 0.844. The van der Waals surface area contributed by atoms with E-state index in [1.165, 1.54) is 35.3 Å². The van der Waals surface area contributed by atoms with E-state index in [0.717, 1.165) is 0 Å². The molecule has 18 heavy (non-hydrogen) atoms. The number of hydrogen-bond acceptors (Lipinski definition) is 4. The zero-order valence-electron chi connectivity index (χ0n) is 8.96. The van der Waals surface area contributed by atoms with Gasteiger partial charge in [0, 0.05) is 12.4 Å². The van der Waals surface area contributed by atoms with Crippen molar-refractivity contribution in [2.45, 2.75) is 0 Å². The molecule has 1 amide bonds. The van der Waals surface area contributed by atoms with E-state index < -0.39 is 11.7 Å². The van der Waals surface area contributed by atoms with Crippen LogP contribution in [0.1, 0.15) is 10.5 Å². The molecule has 0 aliphatic heterocycles. The SMILES string of the molecule is O=C(Nc1ncn[nH]1)c1cn2cc(F)ccc2n1. The van der Waals surface area contributed by atoms with Gasteiger partial charge in [-0.2, -0.15) is 10.1 Å². The smallest absolute Gasteiger partial charge is 0.278 e. The highest BCUT2D eigenvalue weighted by Crippen LogP contribution is 2.08. The summed E-state index contributed by atoms with van der Waals surface area (Å²) < 4.78 is 14.4. The highest BCUT2D eigenvalue weighted by molar-refractivity contribution is 6.02. The van der Waals surface area contributed by atoms with Crippen LogP contribution >= 0.6 is 0 Å². The first kappa shape index (κ1) is 10.4. The summed E-state index contributed by atoms with van der Waals surface area (Å²) in [6.07, 6.45) is 3.95. The lowest BCUT2D eigenvalue weighted by molar-refractivity contribution is 0.102. The fraction of sp³-hybridized carbons (Fsp3) is 0.